The molecule has 0 bridgehead atoms. The van der Waals surface area contributed by atoms with Crippen molar-refractivity contribution in [2.75, 3.05) is 6.61 Å². The Morgan fingerprint density at radius 2 is 1.94 bits per heavy atom. The third-order valence-corrected chi connectivity index (χ3v) is 4.49. The van der Waals surface area contributed by atoms with E-state index in [0.717, 1.165) is 0 Å². The van der Waals surface area contributed by atoms with E-state index in [1.54, 1.807) is 13.8 Å². The number of hydrogen-bond donors (Lipinski definition) is 0. The molecular weight excluding hydrogens is 319 g/mol. The summed E-state index contributed by atoms with van der Waals surface area (Å²) in [6.45, 7) is 3.53. The van der Waals surface area contributed by atoms with Gasteiger partial charge >= 0.3 is 0 Å². The highest BCUT2D eigenvalue weighted by atomic mass is 35.7. The maximum Gasteiger partial charge on any atom is 0.261 e. The third kappa shape index (κ3) is 3.79. The molecule has 0 spiro atoms. The normalized spacial score (nSPS) is 12.6. The molecular formula is C11H11Cl3O3S. The van der Waals surface area contributed by atoms with Crippen LogP contribution in [0.25, 0.3) is 0 Å². The van der Waals surface area contributed by atoms with Crippen LogP contribution in [-0.4, -0.2) is 15.0 Å². The molecule has 0 N–H and O–H groups in total. The van der Waals surface area contributed by atoms with Crippen LogP contribution in [0.1, 0.15) is 11.1 Å². The van der Waals surface area contributed by atoms with Gasteiger partial charge in [0.15, 0.2) is 0 Å². The third-order valence-electron chi connectivity index (χ3n) is 2.43. The van der Waals surface area contributed by atoms with Crippen molar-refractivity contribution in [3.8, 4) is 5.75 Å². The smallest absolute Gasteiger partial charge is 0.261 e. The van der Waals surface area contributed by atoms with E-state index in [2.05, 4.69) is 0 Å². The topological polar surface area (TPSA) is 43.4 Å². The zero-order valence-corrected chi connectivity index (χ0v) is 12.8. The second-order valence-corrected chi connectivity index (χ2v) is 6.83. The van der Waals surface area contributed by atoms with Gasteiger partial charge in [-0.15, -0.1) is 0 Å². The molecule has 1 aromatic rings. The van der Waals surface area contributed by atoms with Crippen LogP contribution in [0.4, 0.5) is 0 Å². The molecule has 0 amide bonds. The molecule has 0 fully saturated rings. The van der Waals surface area contributed by atoms with Gasteiger partial charge in [-0.05, 0) is 37.1 Å². The van der Waals surface area contributed by atoms with Gasteiger partial charge in [-0.1, -0.05) is 23.2 Å². The zero-order valence-electron chi connectivity index (χ0n) is 9.71. The summed E-state index contributed by atoms with van der Waals surface area (Å²) in [6, 6.07) is 2.94. The molecule has 0 saturated carbocycles. The van der Waals surface area contributed by atoms with Gasteiger partial charge in [0.1, 0.15) is 12.4 Å². The Morgan fingerprint density at radius 1 is 1.33 bits per heavy atom. The summed E-state index contributed by atoms with van der Waals surface area (Å²) in [7, 11) is 1.57. The van der Waals surface area contributed by atoms with Crippen LogP contribution in [-0.2, 0) is 9.05 Å². The molecule has 3 nitrogen and oxygen atoms in total. The molecule has 7 heteroatoms. The van der Waals surface area contributed by atoms with Crippen LogP contribution in [0.3, 0.4) is 0 Å². The minimum absolute atomic E-state index is 0.0769. The molecule has 0 heterocycles. The van der Waals surface area contributed by atoms with Crippen LogP contribution < -0.4 is 4.74 Å². The zero-order chi connectivity index (χ0) is 13.9. The molecule has 0 saturated heterocycles. The molecule has 0 aliphatic rings. The first-order valence-electron chi connectivity index (χ1n) is 4.89. The second-order valence-electron chi connectivity index (χ2n) is 3.59. The number of rotatable bonds is 4. The summed E-state index contributed by atoms with van der Waals surface area (Å²) in [6.07, 6.45) is 0. The van der Waals surface area contributed by atoms with Gasteiger partial charge in [0, 0.05) is 16.2 Å². The van der Waals surface area contributed by atoms with Crippen molar-refractivity contribution >= 4 is 42.9 Å². The molecule has 1 rings (SSSR count). The van der Waals surface area contributed by atoms with Gasteiger partial charge in [0.05, 0.1) is 9.93 Å². The summed E-state index contributed by atoms with van der Waals surface area (Å²) >= 11 is 11.1. The molecule has 1 aromatic carbocycles. The van der Waals surface area contributed by atoms with Gasteiger partial charge in [-0.2, -0.15) is 0 Å². The highest BCUT2D eigenvalue weighted by Crippen LogP contribution is 2.29. The van der Waals surface area contributed by atoms with Gasteiger partial charge in [-0.25, -0.2) is 8.42 Å². The number of hydrogen-bond acceptors (Lipinski definition) is 3. The van der Waals surface area contributed by atoms with E-state index in [4.69, 9.17) is 38.6 Å². The summed E-state index contributed by atoms with van der Waals surface area (Å²) in [5.41, 5.74) is 2.45. The molecule has 0 aromatic heterocycles. The summed E-state index contributed by atoms with van der Waals surface area (Å²) < 4.78 is 28.0. The van der Waals surface area contributed by atoms with Crippen LogP contribution >= 0.6 is 33.9 Å². The minimum atomic E-state index is -3.75. The van der Waals surface area contributed by atoms with Crippen molar-refractivity contribution in [2.24, 2.45) is 0 Å². The maximum absolute atomic E-state index is 11.3. The van der Waals surface area contributed by atoms with Gasteiger partial charge < -0.3 is 4.74 Å². The van der Waals surface area contributed by atoms with E-state index in [-0.39, 0.29) is 11.5 Å². The van der Waals surface area contributed by atoms with Crippen LogP contribution in [0.5, 0.6) is 5.75 Å². The Bertz CT molecular complexity index is 579. The van der Waals surface area contributed by atoms with Gasteiger partial charge in [0.25, 0.3) is 9.05 Å². The summed E-state index contributed by atoms with van der Waals surface area (Å²) in [5, 5.41) is 0.350. The molecule has 0 unspecified atom stereocenters. The van der Waals surface area contributed by atoms with Crippen molar-refractivity contribution < 1.29 is 13.2 Å². The maximum atomic E-state index is 11.3. The minimum Gasteiger partial charge on any atom is -0.488 e. The Kier molecular flexibility index (Phi) is 5.34. The number of halogens is 3. The van der Waals surface area contributed by atoms with Crippen molar-refractivity contribution in [1.29, 1.82) is 0 Å². The number of benzene rings is 1. The standard InChI is InChI=1S/C11H11Cl3O3S/c1-7-8(2)11(18(14,15)16)4-3-10(7)17-6-9(13)5-12/h3-5H,6H2,1-2H3/b9-5-. The first-order valence-corrected chi connectivity index (χ1v) is 8.02. The molecule has 0 atom stereocenters. The summed E-state index contributed by atoms with van der Waals surface area (Å²) in [5.74, 6) is 0.535. The van der Waals surface area contributed by atoms with E-state index in [0.29, 0.717) is 21.9 Å². The largest absolute Gasteiger partial charge is 0.488 e. The van der Waals surface area contributed by atoms with Crippen molar-refractivity contribution in [3.63, 3.8) is 0 Å². The van der Waals surface area contributed by atoms with Crippen molar-refractivity contribution in [1.82, 2.24) is 0 Å². The van der Waals surface area contributed by atoms with Crippen LogP contribution in [0.2, 0.25) is 0 Å². The number of ether oxygens (including phenoxy) is 1. The predicted molar refractivity (Wildman–Crippen MR) is 74.2 cm³/mol. The van der Waals surface area contributed by atoms with E-state index >= 15 is 0 Å². The lowest BCUT2D eigenvalue weighted by Crippen LogP contribution is -2.02. The lowest BCUT2D eigenvalue weighted by molar-refractivity contribution is 0.356. The molecule has 100 valence electrons. The fourth-order valence-corrected chi connectivity index (χ4v) is 2.74. The average molecular weight is 330 g/mol. The fourth-order valence-electron chi connectivity index (χ4n) is 1.37. The van der Waals surface area contributed by atoms with E-state index in [9.17, 15) is 8.42 Å². The Labute approximate surface area is 121 Å². The van der Waals surface area contributed by atoms with Crippen molar-refractivity contribution in [2.45, 2.75) is 18.7 Å². The van der Waals surface area contributed by atoms with E-state index in [1.165, 1.54) is 17.7 Å². The molecule has 18 heavy (non-hydrogen) atoms. The SMILES string of the molecule is Cc1c(OC/C(Cl)=C/Cl)ccc(S(=O)(=O)Cl)c1C. The van der Waals surface area contributed by atoms with Gasteiger partial charge in [0.2, 0.25) is 0 Å². The quantitative estimate of drug-likeness (QED) is 0.786. The van der Waals surface area contributed by atoms with Crippen LogP contribution in [0.15, 0.2) is 27.6 Å². The van der Waals surface area contributed by atoms with E-state index in [1.807, 2.05) is 0 Å². The predicted octanol–water partition coefficient (Wildman–Crippen LogP) is 3.93. The Morgan fingerprint density at radius 3 is 2.44 bits per heavy atom. The van der Waals surface area contributed by atoms with E-state index < -0.39 is 9.05 Å². The first kappa shape index (κ1) is 15.6. The Balaban J connectivity index is 3.09. The monoisotopic (exact) mass is 328 g/mol. The van der Waals surface area contributed by atoms with Crippen molar-refractivity contribution in [3.05, 3.63) is 33.8 Å². The Hall–Kier alpha value is -0.420. The lowest BCUT2D eigenvalue weighted by Gasteiger charge is -2.12. The first-order chi connectivity index (χ1) is 8.27. The van der Waals surface area contributed by atoms with Gasteiger partial charge in [-0.3, -0.25) is 0 Å². The molecule has 0 aliphatic carbocycles. The highest BCUT2D eigenvalue weighted by molar-refractivity contribution is 8.13. The highest BCUT2D eigenvalue weighted by Gasteiger charge is 2.16. The summed E-state index contributed by atoms with van der Waals surface area (Å²) in [4.78, 5) is 0.0769. The molecule has 0 radical (unpaired) electrons. The molecule has 0 aliphatic heterocycles. The second kappa shape index (κ2) is 6.15. The fraction of sp³-hybridized carbons (Fsp3) is 0.273. The lowest BCUT2D eigenvalue weighted by atomic mass is 10.1. The average Bonchev–Trinajstić information content (AvgIpc) is 2.28. The van der Waals surface area contributed by atoms with Crippen LogP contribution in [0, 0.1) is 13.8 Å².